The Labute approximate surface area is 127 Å². The summed E-state index contributed by atoms with van der Waals surface area (Å²) in [5, 5.41) is 10.4. The Hall–Kier alpha value is 0.0900. The van der Waals surface area contributed by atoms with E-state index in [1.54, 1.807) is 11.3 Å². The van der Waals surface area contributed by atoms with E-state index in [0.717, 1.165) is 24.9 Å². The maximum atomic E-state index is 10.4. The summed E-state index contributed by atoms with van der Waals surface area (Å²) in [5.74, 6) is 0. The first-order chi connectivity index (χ1) is 8.11. The van der Waals surface area contributed by atoms with Gasteiger partial charge in [0.15, 0.2) is 0 Å². The Kier molecular flexibility index (Phi) is 4.63. The summed E-state index contributed by atoms with van der Waals surface area (Å²) < 4.78 is 2.09. The minimum absolute atomic E-state index is 0.538. The van der Waals surface area contributed by atoms with Crippen LogP contribution in [0.1, 0.15) is 28.3 Å². The average Bonchev–Trinajstić information content (AvgIpc) is 2.80. The number of hydrogen-bond acceptors (Lipinski definition) is 2. The van der Waals surface area contributed by atoms with E-state index in [1.165, 1.54) is 4.88 Å². The number of hydrogen-bond donors (Lipinski definition) is 1. The van der Waals surface area contributed by atoms with Gasteiger partial charge in [-0.25, -0.2) is 0 Å². The van der Waals surface area contributed by atoms with Crippen LogP contribution in [0.15, 0.2) is 34.8 Å². The number of aryl methyl sites for hydroxylation is 1. The highest BCUT2D eigenvalue weighted by atomic mass is 127. The average molecular weight is 423 g/mol. The lowest BCUT2D eigenvalue weighted by Gasteiger charge is -2.11. The standard InChI is InChI=1S/C13H12BrIOS/c1-2-9-4-6-12(17-9)13(16)10-7-8(15)3-5-11(10)14/h3-7,13,16H,2H2,1H3. The van der Waals surface area contributed by atoms with Gasteiger partial charge in [0.2, 0.25) is 0 Å². The molecule has 0 saturated carbocycles. The Balaban J connectivity index is 2.35. The third-order valence-electron chi connectivity index (χ3n) is 2.55. The van der Waals surface area contributed by atoms with E-state index >= 15 is 0 Å². The molecule has 1 nitrogen and oxygen atoms in total. The molecule has 1 aromatic heterocycles. The van der Waals surface area contributed by atoms with Crippen LogP contribution in [0.4, 0.5) is 0 Å². The highest BCUT2D eigenvalue weighted by Gasteiger charge is 2.15. The van der Waals surface area contributed by atoms with E-state index < -0.39 is 6.10 Å². The molecule has 4 heteroatoms. The van der Waals surface area contributed by atoms with E-state index in [1.807, 2.05) is 24.3 Å². The van der Waals surface area contributed by atoms with Crippen molar-refractivity contribution in [1.29, 1.82) is 0 Å². The zero-order valence-electron chi connectivity index (χ0n) is 9.28. The van der Waals surface area contributed by atoms with Crippen molar-refractivity contribution >= 4 is 49.9 Å². The normalized spacial score (nSPS) is 12.7. The molecular weight excluding hydrogens is 411 g/mol. The number of thiophene rings is 1. The monoisotopic (exact) mass is 422 g/mol. The lowest BCUT2D eigenvalue weighted by Crippen LogP contribution is -1.98. The SMILES string of the molecule is CCc1ccc(C(O)c2cc(I)ccc2Br)s1. The van der Waals surface area contributed by atoms with E-state index in [0.29, 0.717) is 0 Å². The summed E-state index contributed by atoms with van der Waals surface area (Å²) in [5.41, 5.74) is 0.932. The Bertz CT molecular complexity index is 524. The number of aliphatic hydroxyl groups is 1. The van der Waals surface area contributed by atoms with Crippen molar-refractivity contribution in [3.8, 4) is 0 Å². The van der Waals surface area contributed by atoms with E-state index in [4.69, 9.17) is 0 Å². The second-order valence-corrected chi connectivity index (χ2v) is 7.03. The molecule has 0 spiro atoms. The summed E-state index contributed by atoms with van der Waals surface area (Å²) in [6.45, 7) is 2.13. The van der Waals surface area contributed by atoms with Crippen molar-refractivity contribution in [2.24, 2.45) is 0 Å². The minimum atomic E-state index is -0.538. The van der Waals surface area contributed by atoms with Crippen LogP contribution in [0.5, 0.6) is 0 Å². The Morgan fingerprint density at radius 1 is 1.35 bits per heavy atom. The molecule has 1 aromatic carbocycles. The number of halogens is 2. The fraction of sp³-hybridized carbons (Fsp3) is 0.231. The first-order valence-electron chi connectivity index (χ1n) is 5.33. The van der Waals surface area contributed by atoms with Gasteiger partial charge < -0.3 is 5.11 Å². The summed E-state index contributed by atoms with van der Waals surface area (Å²) in [7, 11) is 0. The van der Waals surface area contributed by atoms with Crippen LogP contribution in [-0.2, 0) is 6.42 Å². The fourth-order valence-corrected chi connectivity index (χ4v) is 3.55. The maximum absolute atomic E-state index is 10.4. The maximum Gasteiger partial charge on any atom is 0.114 e. The van der Waals surface area contributed by atoms with Crippen LogP contribution in [0.25, 0.3) is 0 Å². The van der Waals surface area contributed by atoms with Crippen molar-refractivity contribution in [2.75, 3.05) is 0 Å². The summed E-state index contributed by atoms with van der Waals surface area (Å²) in [4.78, 5) is 2.31. The summed E-state index contributed by atoms with van der Waals surface area (Å²) >= 11 is 7.43. The van der Waals surface area contributed by atoms with Crippen LogP contribution >= 0.6 is 49.9 Å². The first-order valence-corrected chi connectivity index (χ1v) is 8.02. The van der Waals surface area contributed by atoms with Gasteiger partial charge in [0.05, 0.1) is 0 Å². The highest BCUT2D eigenvalue weighted by molar-refractivity contribution is 14.1. The molecule has 1 heterocycles. The van der Waals surface area contributed by atoms with Crippen molar-refractivity contribution in [3.63, 3.8) is 0 Å². The summed E-state index contributed by atoms with van der Waals surface area (Å²) in [6, 6.07) is 10.1. The predicted molar refractivity (Wildman–Crippen MR) is 84.6 cm³/mol. The second kappa shape index (κ2) is 5.82. The summed E-state index contributed by atoms with van der Waals surface area (Å²) in [6.07, 6.45) is 0.481. The van der Waals surface area contributed by atoms with Gasteiger partial charge in [-0.3, -0.25) is 0 Å². The molecule has 1 N–H and O–H groups in total. The van der Waals surface area contributed by atoms with Crippen LogP contribution in [0, 0.1) is 3.57 Å². The molecule has 0 bridgehead atoms. The number of rotatable bonds is 3. The Morgan fingerprint density at radius 2 is 2.12 bits per heavy atom. The number of benzene rings is 1. The smallest absolute Gasteiger partial charge is 0.114 e. The van der Waals surface area contributed by atoms with E-state index in [2.05, 4.69) is 51.5 Å². The van der Waals surface area contributed by atoms with Crippen LogP contribution in [-0.4, -0.2) is 5.11 Å². The zero-order valence-corrected chi connectivity index (χ0v) is 13.8. The second-order valence-electron chi connectivity index (χ2n) is 3.73. The van der Waals surface area contributed by atoms with Gasteiger partial charge in [-0.05, 0) is 59.3 Å². The lowest BCUT2D eigenvalue weighted by atomic mass is 10.1. The molecule has 0 aliphatic rings. The van der Waals surface area contributed by atoms with Crippen LogP contribution in [0.2, 0.25) is 0 Å². The Morgan fingerprint density at radius 3 is 2.76 bits per heavy atom. The van der Waals surface area contributed by atoms with Gasteiger partial charge in [0.1, 0.15) is 6.10 Å². The lowest BCUT2D eigenvalue weighted by molar-refractivity contribution is 0.223. The van der Waals surface area contributed by atoms with Crippen molar-refractivity contribution in [3.05, 3.63) is 53.7 Å². The van der Waals surface area contributed by atoms with Gasteiger partial charge in [-0.1, -0.05) is 22.9 Å². The van der Waals surface area contributed by atoms with Gasteiger partial charge in [-0.2, -0.15) is 0 Å². The highest BCUT2D eigenvalue weighted by Crippen LogP contribution is 2.33. The zero-order chi connectivity index (χ0) is 12.4. The number of aliphatic hydroxyl groups excluding tert-OH is 1. The van der Waals surface area contributed by atoms with Crippen molar-refractivity contribution in [1.82, 2.24) is 0 Å². The largest absolute Gasteiger partial charge is 0.383 e. The minimum Gasteiger partial charge on any atom is -0.383 e. The molecule has 0 radical (unpaired) electrons. The molecule has 17 heavy (non-hydrogen) atoms. The molecule has 0 amide bonds. The molecule has 0 aliphatic heterocycles. The van der Waals surface area contributed by atoms with E-state index in [-0.39, 0.29) is 0 Å². The van der Waals surface area contributed by atoms with Gasteiger partial charge in [0.25, 0.3) is 0 Å². The predicted octanol–water partition coefficient (Wildman–Crippen LogP) is 4.76. The van der Waals surface area contributed by atoms with E-state index in [9.17, 15) is 5.11 Å². The quantitative estimate of drug-likeness (QED) is 0.707. The molecule has 0 fully saturated rings. The molecule has 1 atom stereocenters. The third kappa shape index (κ3) is 3.10. The van der Waals surface area contributed by atoms with Crippen LogP contribution in [0.3, 0.4) is 0 Å². The molecule has 0 aliphatic carbocycles. The molecule has 2 aromatic rings. The van der Waals surface area contributed by atoms with Crippen molar-refractivity contribution < 1.29 is 5.11 Å². The van der Waals surface area contributed by atoms with Gasteiger partial charge in [-0.15, -0.1) is 11.3 Å². The fourth-order valence-electron chi connectivity index (χ4n) is 1.61. The van der Waals surface area contributed by atoms with Gasteiger partial charge >= 0.3 is 0 Å². The molecular formula is C13H12BrIOS. The molecule has 90 valence electrons. The topological polar surface area (TPSA) is 20.2 Å². The molecule has 1 unspecified atom stereocenters. The first kappa shape index (κ1) is 13.5. The van der Waals surface area contributed by atoms with Gasteiger partial charge in [0, 0.05) is 23.4 Å². The third-order valence-corrected chi connectivity index (χ3v) is 5.23. The van der Waals surface area contributed by atoms with Crippen molar-refractivity contribution in [2.45, 2.75) is 19.4 Å². The molecule has 0 saturated heterocycles. The van der Waals surface area contributed by atoms with Crippen LogP contribution < -0.4 is 0 Å². The molecule has 2 rings (SSSR count).